The van der Waals surface area contributed by atoms with Crippen molar-refractivity contribution >= 4 is 80.1 Å². The van der Waals surface area contributed by atoms with Crippen molar-refractivity contribution in [3.63, 3.8) is 0 Å². The molecule has 1 aromatic rings. The second kappa shape index (κ2) is 10.2. The molecule has 0 saturated heterocycles. The molecular formula is C11H18Na2O7P2. The first kappa shape index (κ1) is 25.4. The van der Waals surface area contributed by atoms with Crippen LogP contribution in [0, 0.1) is 5.92 Å². The molecule has 0 aliphatic rings. The van der Waals surface area contributed by atoms with Gasteiger partial charge in [0, 0.05) is 11.5 Å². The summed E-state index contributed by atoms with van der Waals surface area (Å²) in [6, 6.07) is 8.02. The summed E-state index contributed by atoms with van der Waals surface area (Å²) < 4.78 is 22.3. The van der Waals surface area contributed by atoms with Crippen LogP contribution in [-0.4, -0.2) is 89.9 Å². The van der Waals surface area contributed by atoms with Gasteiger partial charge in [0.25, 0.3) is 0 Å². The zero-order valence-corrected chi connectivity index (χ0v) is 12.4. The first-order valence-corrected chi connectivity index (χ1v) is 9.09. The molecule has 0 aliphatic heterocycles. The molecular weight excluding hydrogens is 352 g/mol. The number of benzene rings is 1. The van der Waals surface area contributed by atoms with Crippen LogP contribution >= 0.6 is 15.2 Å². The van der Waals surface area contributed by atoms with E-state index in [-0.39, 0.29) is 59.1 Å². The van der Waals surface area contributed by atoms with E-state index in [1.54, 1.807) is 18.2 Å². The topological polar surface area (TPSA) is 132 Å². The fourth-order valence-electron chi connectivity index (χ4n) is 1.78. The molecule has 0 spiro atoms. The van der Waals surface area contributed by atoms with Gasteiger partial charge in [0.1, 0.15) is 0 Å². The zero-order valence-electron chi connectivity index (χ0n) is 10.7. The SMILES string of the molecule is CC(CC(P(=O)(O)O)P(=O)(O)O)C(=O)c1ccccc1.[NaH].[NaH]. The van der Waals surface area contributed by atoms with Gasteiger partial charge in [-0.1, -0.05) is 37.3 Å². The average molecular weight is 370 g/mol. The van der Waals surface area contributed by atoms with Crippen LogP contribution in [0.15, 0.2) is 30.3 Å². The predicted octanol–water partition coefficient (Wildman–Crippen LogP) is 0.280. The second-order valence-electron chi connectivity index (χ2n) is 4.53. The fraction of sp³-hybridized carbons (Fsp3) is 0.364. The van der Waals surface area contributed by atoms with E-state index in [4.69, 9.17) is 19.6 Å². The maximum absolute atomic E-state index is 12.0. The Morgan fingerprint density at radius 3 is 1.77 bits per heavy atom. The van der Waals surface area contributed by atoms with Gasteiger partial charge in [0.05, 0.1) is 0 Å². The van der Waals surface area contributed by atoms with Gasteiger partial charge in [-0.15, -0.1) is 0 Å². The van der Waals surface area contributed by atoms with Crippen molar-refractivity contribution in [2.24, 2.45) is 5.92 Å². The van der Waals surface area contributed by atoms with E-state index in [2.05, 4.69) is 0 Å². The predicted molar refractivity (Wildman–Crippen MR) is 86.7 cm³/mol. The van der Waals surface area contributed by atoms with Crippen LogP contribution in [0.5, 0.6) is 0 Å². The number of rotatable bonds is 6. The van der Waals surface area contributed by atoms with E-state index >= 15 is 0 Å². The Kier molecular flexibility index (Phi) is 11.8. The summed E-state index contributed by atoms with van der Waals surface area (Å²) in [7, 11) is -10.00. The van der Waals surface area contributed by atoms with Gasteiger partial charge in [-0.05, 0) is 6.42 Å². The van der Waals surface area contributed by atoms with Crippen molar-refractivity contribution in [3.05, 3.63) is 35.9 Å². The Bertz CT molecular complexity index is 547. The Hall–Kier alpha value is 1.19. The van der Waals surface area contributed by atoms with Crippen molar-refractivity contribution < 1.29 is 33.5 Å². The van der Waals surface area contributed by atoms with Crippen LogP contribution in [0.1, 0.15) is 23.7 Å². The van der Waals surface area contributed by atoms with Crippen LogP contribution in [-0.2, 0) is 9.13 Å². The van der Waals surface area contributed by atoms with Crippen molar-refractivity contribution in [3.8, 4) is 0 Å². The van der Waals surface area contributed by atoms with Crippen LogP contribution in [0.4, 0.5) is 0 Å². The van der Waals surface area contributed by atoms with E-state index < -0.39 is 38.7 Å². The Morgan fingerprint density at radius 2 is 1.41 bits per heavy atom. The van der Waals surface area contributed by atoms with Gasteiger partial charge < -0.3 is 19.6 Å². The molecule has 0 aromatic heterocycles. The van der Waals surface area contributed by atoms with E-state index in [9.17, 15) is 13.9 Å². The maximum atomic E-state index is 12.0. The molecule has 1 rings (SSSR count). The molecule has 1 unspecified atom stereocenters. The average Bonchev–Trinajstić information content (AvgIpc) is 2.33. The molecule has 7 nitrogen and oxygen atoms in total. The molecule has 0 amide bonds. The monoisotopic (exact) mass is 370 g/mol. The number of ketones is 1. The van der Waals surface area contributed by atoms with E-state index in [0.29, 0.717) is 5.56 Å². The van der Waals surface area contributed by atoms with Crippen molar-refractivity contribution in [2.75, 3.05) is 0 Å². The number of Topliss-reactive ketones (excluding diaryl/α,β-unsaturated/α-hetero) is 1. The molecule has 0 saturated carbocycles. The van der Waals surface area contributed by atoms with Crippen LogP contribution in [0.2, 0.25) is 0 Å². The summed E-state index contributed by atoms with van der Waals surface area (Å²) >= 11 is 0. The van der Waals surface area contributed by atoms with Crippen LogP contribution < -0.4 is 0 Å². The summed E-state index contributed by atoms with van der Waals surface area (Å²) in [6.07, 6.45) is -0.581. The standard InChI is InChI=1S/C11H16O7P2.2Na.2H/c1-8(11(12)9-5-3-2-4-6-9)7-10(19(13,14)15)20(16,17)18;;;;/h2-6,8,10H,7H2,1H3,(H2,13,14,15)(H2,16,17,18);;;;. The normalized spacial score (nSPS) is 13.0. The van der Waals surface area contributed by atoms with Gasteiger partial charge in [0.15, 0.2) is 11.2 Å². The molecule has 1 aromatic carbocycles. The molecule has 0 bridgehead atoms. The summed E-state index contributed by atoms with van der Waals surface area (Å²) in [5, 5.41) is -2.15. The van der Waals surface area contributed by atoms with E-state index in [1.807, 2.05) is 0 Å². The molecule has 11 heteroatoms. The van der Waals surface area contributed by atoms with Crippen LogP contribution in [0.25, 0.3) is 0 Å². The third kappa shape index (κ3) is 7.84. The molecule has 22 heavy (non-hydrogen) atoms. The zero-order chi connectivity index (χ0) is 15.6. The van der Waals surface area contributed by atoms with Gasteiger partial charge in [-0.2, -0.15) is 0 Å². The summed E-state index contributed by atoms with van der Waals surface area (Å²) in [4.78, 5) is 48.1. The minimum atomic E-state index is -5.00. The number of hydrogen-bond donors (Lipinski definition) is 4. The second-order valence-corrected chi connectivity index (χ2v) is 8.54. The Labute approximate surface area is 172 Å². The van der Waals surface area contributed by atoms with Crippen LogP contribution in [0.3, 0.4) is 0 Å². The van der Waals surface area contributed by atoms with Crippen molar-refractivity contribution in [1.82, 2.24) is 0 Å². The van der Waals surface area contributed by atoms with Gasteiger partial charge >= 0.3 is 74.3 Å². The molecule has 0 aliphatic carbocycles. The van der Waals surface area contributed by atoms with Gasteiger partial charge in [0.2, 0.25) is 0 Å². The quantitative estimate of drug-likeness (QED) is 0.321. The summed E-state index contributed by atoms with van der Waals surface area (Å²) in [6.45, 7) is 1.38. The fourth-order valence-corrected chi connectivity index (χ4v) is 4.53. The van der Waals surface area contributed by atoms with Crippen molar-refractivity contribution in [1.29, 1.82) is 0 Å². The third-order valence-electron chi connectivity index (χ3n) is 2.85. The molecule has 116 valence electrons. The summed E-state index contributed by atoms with van der Waals surface area (Å²) in [5.41, 5.74) is 0.329. The first-order valence-electron chi connectivity index (χ1n) is 5.73. The number of carbonyl (C=O) groups excluding carboxylic acids is 1. The molecule has 1 atom stereocenters. The third-order valence-corrected chi connectivity index (χ3v) is 6.63. The van der Waals surface area contributed by atoms with E-state index in [0.717, 1.165) is 0 Å². The Balaban J connectivity index is 0. The Morgan fingerprint density at radius 1 is 1.00 bits per heavy atom. The molecule has 0 radical (unpaired) electrons. The minimum absolute atomic E-state index is 0. The first-order chi connectivity index (χ1) is 9.03. The number of carbonyl (C=O) groups is 1. The molecule has 0 heterocycles. The molecule has 0 fully saturated rings. The summed E-state index contributed by atoms with van der Waals surface area (Å²) in [5.74, 6) is -1.33. The van der Waals surface area contributed by atoms with Crippen molar-refractivity contribution in [2.45, 2.75) is 18.7 Å². The number of hydrogen-bond acceptors (Lipinski definition) is 3. The van der Waals surface area contributed by atoms with Gasteiger partial charge in [-0.3, -0.25) is 13.9 Å². The van der Waals surface area contributed by atoms with Gasteiger partial charge in [-0.25, -0.2) is 0 Å². The van der Waals surface area contributed by atoms with E-state index in [1.165, 1.54) is 19.1 Å². The molecule has 4 N–H and O–H groups in total.